The number of piperazine rings is 1. The standard InChI is InChI=1S/C12H23N3O5S/c1-2-20-12(17)15-6-4-14(5-7-15)8-10-21(18,19)9-3-11(13)16/h2-10H2,1H3,(H2,13,16). The summed E-state index contributed by atoms with van der Waals surface area (Å²) in [6, 6.07) is 0. The van der Waals surface area contributed by atoms with Gasteiger partial charge in [0.15, 0.2) is 9.84 Å². The van der Waals surface area contributed by atoms with Crippen LogP contribution in [0.2, 0.25) is 0 Å². The zero-order valence-electron chi connectivity index (χ0n) is 12.3. The van der Waals surface area contributed by atoms with Gasteiger partial charge in [0.2, 0.25) is 5.91 Å². The van der Waals surface area contributed by atoms with E-state index in [1.807, 2.05) is 4.90 Å². The highest BCUT2D eigenvalue weighted by molar-refractivity contribution is 7.91. The van der Waals surface area contributed by atoms with Crippen LogP contribution in [-0.2, 0) is 19.4 Å². The molecule has 0 saturated carbocycles. The quantitative estimate of drug-likeness (QED) is 0.647. The van der Waals surface area contributed by atoms with Gasteiger partial charge in [-0.05, 0) is 6.92 Å². The first-order chi connectivity index (χ1) is 9.84. The SMILES string of the molecule is CCOC(=O)N1CCN(CCS(=O)(=O)CCC(N)=O)CC1. The summed E-state index contributed by atoms with van der Waals surface area (Å²) in [4.78, 5) is 25.7. The van der Waals surface area contributed by atoms with Gasteiger partial charge in [0.1, 0.15) is 0 Å². The second kappa shape index (κ2) is 8.18. The fourth-order valence-electron chi connectivity index (χ4n) is 2.00. The smallest absolute Gasteiger partial charge is 0.409 e. The average Bonchev–Trinajstić information content (AvgIpc) is 2.44. The predicted molar refractivity (Wildman–Crippen MR) is 77.5 cm³/mol. The Kier molecular flexibility index (Phi) is 6.90. The van der Waals surface area contributed by atoms with Crippen molar-refractivity contribution in [3.63, 3.8) is 0 Å². The highest BCUT2D eigenvalue weighted by Crippen LogP contribution is 2.05. The Morgan fingerprint density at radius 1 is 1.14 bits per heavy atom. The van der Waals surface area contributed by atoms with Gasteiger partial charge in [0, 0.05) is 39.1 Å². The number of hydrogen-bond acceptors (Lipinski definition) is 6. The molecule has 2 N–H and O–H groups in total. The normalized spacial score (nSPS) is 16.7. The maximum atomic E-state index is 11.7. The van der Waals surface area contributed by atoms with Crippen LogP contribution >= 0.6 is 0 Å². The molecule has 9 heteroatoms. The minimum Gasteiger partial charge on any atom is -0.450 e. The van der Waals surface area contributed by atoms with Crippen molar-refractivity contribution in [3.8, 4) is 0 Å². The minimum atomic E-state index is -3.26. The van der Waals surface area contributed by atoms with E-state index >= 15 is 0 Å². The van der Waals surface area contributed by atoms with Crippen LogP contribution in [0.1, 0.15) is 13.3 Å². The number of nitrogens with two attached hydrogens (primary N) is 1. The zero-order valence-corrected chi connectivity index (χ0v) is 13.1. The highest BCUT2D eigenvalue weighted by Gasteiger charge is 2.23. The molecule has 0 unspecified atom stereocenters. The van der Waals surface area contributed by atoms with Crippen molar-refractivity contribution in [1.29, 1.82) is 0 Å². The van der Waals surface area contributed by atoms with Crippen molar-refractivity contribution >= 4 is 21.8 Å². The first-order valence-corrected chi connectivity index (χ1v) is 8.79. The molecule has 0 atom stereocenters. The molecule has 122 valence electrons. The van der Waals surface area contributed by atoms with Gasteiger partial charge in [-0.25, -0.2) is 13.2 Å². The molecular formula is C12H23N3O5S. The van der Waals surface area contributed by atoms with Gasteiger partial charge < -0.3 is 15.4 Å². The molecule has 1 saturated heterocycles. The lowest BCUT2D eigenvalue weighted by Gasteiger charge is -2.33. The zero-order chi connectivity index (χ0) is 15.9. The molecule has 0 spiro atoms. The largest absolute Gasteiger partial charge is 0.450 e. The van der Waals surface area contributed by atoms with E-state index in [0.29, 0.717) is 39.3 Å². The maximum absolute atomic E-state index is 11.7. The topological polar surface area (TPSA) is 110 Å². The van der Waals surface area contributed by atoms with Crippen molar-refractivity contribution in [1.82, 2.24) is 9.80 Å². The third-order valence-electron chi connectivity index (χ3n) is 3.28. The summed E-state index contributed by atoms with van der Waals surface area (Å²) in [6.07, 6.45) is -0.467. The van der Waals surface area contributed by atoms with Crippen LogP contribution < -0.4 is 5.73 Å². The Bertz CT molecular complexity index is 458. The van der Waals surface area contributed by atoms with Crippen LogP contribution in [0.15, 0.2) is 0 Å². The molecule has 1 aliphatic heterocycles. The number of rotatable bonds is 7. The van der Waals surface area contributed by atoms with Crippen molar-refractivity contribution in [2.24, 2.45) is 5.73 Å². The Hall–Kier alpha value is -1.35. The van der Waals surface area contributed by atoms with Crippen molar-refractivity contribution in [3.05, 3.63) is 0 Å². The van der Waals surface area contributed by atoms with E-state index in [2.05, 4.69) is 0 Å². The molecule has 1 heterocycles. The second-order valence-electron chi connectivity index (χ2n) is 4.90. The van der Waals surface area contributed by atoms with Gasteiger partial charge >= 0.3 is 6.09 Å². The fourth-order valence-corrected chi connectivity index (χ4v) is 3.25. The highest BCUT2D eigenvalue weighted by atomic mass is 32.2. The van der Waals surface area contributed by atoms with Gasteiger partial charge in [0.05, 0.1) is 18.1 Å². The van der Waals surface area contributed by atoms with Crippen LogP contribution in [0.25, 0.3) is 0 Å². The second-order valence-corrected chi connectivity index (χ2v) is 7.20. The maximum Gasteiger partial charge on any atom is 0.409 e. The average molecular weight is 321 g/mol. The summed E-state index contributed by atoms with van der Waals surface area (Å²) in [6.45, 7) is 4.79. The first-order valence-electron chi connectivity index (χ1n) is 6.97. The van der Waals surface area contributed by atoms with E-state index in [0.717, 1.165) is 0 Å². The third-order valence-corrected chi connectivity index (χ3v) is 4.91. The lowest BCUT2D eigenvalue weighted by Crippen LogP contribution is -2.49. The van der Waals surface area contributed by atoms with Crippen molar-refractivity contribution < 1.29 is 22.7 Å². The summed E-state index contributed by atoms with van der Waals surface area (Å²) in [5.41, 5.74) is 4.94. The molecule has 1 aliphatic rings. The lowest BCUT2D eigenvalue weighted by atomic mass is 10.3. The van der Waals surface area contributed by atoms with Gasteiger partial charge in [0.25, 0.3) is 0 Å². The summed E-state index contributed by atoms with van der Waals surface area (Å²) in [7, 11) is -3.26. The molecule has 1 fully saturated rings. The molecule has 1 rings (SSSR count). The molecule has 0 aromatic rings. The molecular weight excluding hydrogens is 298 g/mol. The van der Waals surface area contributed by atoms with Crippen LogP contribution in [0.4, 0.5) is 4.79 Å². The van der Waals surface area contributed by atoms with E-state index in [9.17, 15) is 18.0 Å². The molecule has 0 bridgehead atoms. The van der Waals surface area contributed by atoms with E-state index in [1.165, 1.54) is 0 Å². The number of primary amides is 1. The number of nitrogens with zero attached hydrogens (tertiary/aromatic N) is 2. The Morgan fingerprint density at radius 2 is 1.76 bits per heavy atom. The van der Waals surface area contributed by atoms with Gasteiger partial charge in [-0.15, -0.1) is 0 Å². The number of hydrogen-bond donors (Lipinski definition) is 1. The molecule has 8 nitrogen and oxygen atoms in total. The van der Waals surface area contributed by atoms with E-state index < -0.39 is 15.7 Å². The number of carbonyl (C=O) groups is 2. The van der Waals surface area contributed by atoms with E-state index in [1.54, 1.807) is 11.8 Å². The summed E-state index contributed by atoms with van der Waals surface area (Å²) in [5, 5.41) is 0. The minimum absolute atomic E-state index is 0.000311. The number of sulfone groups is 1. The number of ether oxygens (including phenoxy) is 1. The molecule has 0 radical (unpaired) electrons. The molecule has 0 aromatic carbocycles. The molecule has 2 amide bonds. The Morgan fingerprint density at radius 3 is 2.29 bits per heavy atom. The summed E-state index contributed by atoms with van der Waals surface area (Å²) >= 11 is 0. The first kappa shape index (κ1) is 17.7. The van der Waals surface area contributed by atoms with Crippen LogP contribution in [0.5, 0.6) is 0 Å². The van der Waals surface area contributed by atoms with Crippen LogP contribution in [0, 0.1) is 0 Å². The summed E-state index contributed by atoms with van der Waals surface area (Å²) < 4.78 is 28.3. The molecule has 21 heavy (non-hydrogen) atoms. The Labute approximate surface area is 125 Å². The molecule has 0 aliphatic carbocycles. The van der Waals surface area contributed by atoms with Crippen molar-refractivity contribution in [2.45, 2.75) is 13.3 Å². The van der Waals surface area contributed by atoms with Gasteiger partial charge in [-0.2, -0.15) is 0 Å². The monoisotopic (exact) mass is 321 g/mol. The fraction of sp³-hybridized carbons (Fsp3) is 0.833. The van der Waals surface area contributed by atoms with Gasteiger partial charge in [-0.1, -0.05) is 0 Å². The predicted octanol–water partition coefficient (Wildman–Crippen LogP) is -0.949. The van der Waals surface area contributed by atoms with E-state index in [-0.39, 0.29) is 24.0 Å². The number of carbonyl (C=O) groups excluding carboxylic acids is 2. The molecule has 0 aromatic heterocycles. The lowest BCUT2D eigenvalue weighted by molar-refractivity contribution is -0.117. The van der Waals surface area contributed by atoms with Gasteiger partial charge in [-0.3, -0.25) is 9.69 Å². The van der Waals surface area contributed by atoms with E-state index in [4.69, 9.17) is 10.5 Å². The van der Waals surface area contributed by atoms with Crippen molar-refractivity contribution in [2.75, 3.05) is 50.8 Å². The summed E-state index contributed by atoms with van der Waals surface area (Å²) in [5.74, 6) is -0.813. The van der Waals surface area contributed by atoms with Crippen LogP contribution in [0.3, 0.4) is 0 Å². The van der Waals surface area contributed by atoms with Crippen LogP contribution in [-0.4, -0.2) is 81.1 Å². The third kappa shape index (κ3) is 6.76. The Balaban J connectivity index is 2.29. The number of amides is 2.